The highest BCUT2D eigenvalue weighted by Gasteiger charge is 2.63. The van der Waals surface area contributed by atoms with Crippen molar-refractivity contribution in [2.75, 3.05) is 20.6 Å². The molecule has 1 aromatic rings. The van der Waals surface area contributed by atoms with Crippen LogP contribution in [0.1, 0.15) is 34.3 Å². The number of rotatable bonds is 6. The highest BCUT2D eigenvalue weighted by Crippen LogP contribution is 2.52. The first kappa shape index (κ1) is 27.6. The fourth-order valence-electron chi connectivity index (χ4n) is 5.93. The summed E-state index contributed by atoms with van der Waals surface area (Å²) in [5.41, 5.74) is 2.00. The minimum absolute atomic E-state index is 0.0264. The zero-order chi connectivity index (χ0) is 28.3. The van der Waals surface area contributed by atoms with Gasteiger partial charge in [-0.25, -0.2) is 0 Å². The van der Waals surface area contributed by atoms with E-state index in [4.69, 9.17) is 5.73 Å². The molecule has 0 heterocycles. The van der Waals surface area contributed by atoms with Crippen LogP contribution in [0, 0.1) is 11.8 Å². The first-order chi connectivity index (χ1) is 17.6. The molecule has 0 fully saturated rings. The van der Waals surface area contributed by atoms with Crippen LogP contribution < -0.4 is 11.1 Å². The molecule has 0 unspecified atom stereocenters. The zero-order valence-electron chi connectivity index (χ0n) is 20.6. The summed E-state index contributed by atoms with van der Waals surface area (Å²) in [6.07, 6.45) is -5.43. The lowest BCUT2D eigenvalue weighted by atomic mass is 9.58. The van der Waals surface area contributed by atoms with Gasteiger partial charge in [0, 0.05) is 24.6 Å². The quantitative estimate of drug-likeness (QED) is 0.229. The van der Waals surface area contributed by atoms with Crippen LogP contribution in [-0.2, 0) is 22.6 Å². The SMILES string of the molecule is CN(C)[C@@H]1C(O)=C(C(N)=O)C(=O)[C@@]2(O)C(O)=C3C(=O)c4c(O)ccc(CNCCC(F)(F)F)c4C[C@H]3C[C@@H]12. The van der Waals surface area contributed by atoms with Gasteiger partial charge in [-0.15, -0.1) is 0 Å². The first-order valence-electron chi connectivity index (χ1n) is 11.9. The number of aliphatic hydroxyl groups is 3. The van der Waals surface area contributed by atoms with E-state index in [0.29, 0.717) is 11.1 Å². The van der Waals surface area contributed by atoms with Crippen molar-refractivity contribution < 1.29 is 48.0 Å². The predicted molar refractivity (Wildman–Crippen MR) is 126 cm³/mol. The molecule has 4 rings (SSSR count). The lowest BCUT2D eigenvalue weighted by Crippen LogP contribution is -2.63. The molecule has 0 saturated heterocycles. The Morgan fingerprint density at radius 1 is 1.21 bits per heavy atom. The third-order valence-electron chi connectivity index (χ3n) is 7.60. The number of nitrogens with two attached hydrogens (primary N) is 1. The molecule has 3 aliphatic rings. The highest BCUT2D eigenvalue weighted by molar-refractivity contribution is 6.24. The van der Waals surface area contributed by atoms with Crippen molar-refractivity contribution in [2.45, 2.75) is 43.6 Å². The molecule has 0 radical (unpaired) electrons. The highest BCUT2D eigenvalue weighted by atomic mass is 19.4. The number of phenols is 1. The standard InChI is InChI=1S/C25H28F3N3O7/c1-31(2)18-13-8-11-7-12-10(9-30-6-5-24(26,27)28)3-4-14(32)16(12)19(33)15(11)21(35)25(13,38)22(36)17(20(18)34)23(29)37/h3-4,11,13,18,30,32,34-35,38H,5-9H2,1-2H3,(H2,29,37)/t11-,13-,18-,25-/m0/s1. The Hall–Kier alpha value is -3.42. The maximum Gasteiger partial charge on any atom is 0.390 e. The van der Waals surface area contributed by atoms with Crippen molar-refractivity contribution in [3.63, 3.8) is 0 Å². The monoisotopic (exact) mass is 539 g/mol. The number of aliphatic hydroxyl groups excluding tert-OH is 2. The van der Waals surface area contributed by atoms with E-state index in [1.54, 1.807) is 0 Å². The number of nitrogens with one attached hydrogen (secondary N) is 1. The summed E-state index contributed by atoms with van der Waals surface area (Å²) in [6, 6.07) is 1.57. The molecule has 3 aliphatic carbocycles. The molecule has 0 bridgehead atoms. The number of benzene rings is 1. The van der Waals surface area contributed by atoms with Gasteiger partial charge in [0.1, 0.15) is 22.8 Å². The van der Waals surface area contributed by atoms with Crippen LogP contribution >= 0.6 is 0 Å². The largest absolute Gasteiger partial charge is 0.510 e. The van der Waals surface area contributed by atoms with Crippen molar-refractivity contribution >= 4 is 17.5 Å². The van der Waals surface area contributed by atoms with Gasteiger partial charge in [-0.1, -0.05) is 6.07 Å². The van der Waals surface area contributed by atoms with Crippen LogP contribution in [0.2, 0.25) is 0 Å². The Labute approximate surface area is 215 Å². The molecule has 4 atom stereocenters. The third kappa shape index (κ3) is 4.24. The second-order valence-electron chi connectivity index (χ2n) is 10.1. The molecule has 7 N–H and O–H groups in total. The molecule has 0 spiro atoms. The zero-order valence-corrected chi connectivity index (χ0v) is 20.6. The lowest BCUT2D eigenvalue weighted by molar-refractivity contribution is -0.148. The molecule has 1 amide bonds. The lowest BCUT2D eigenvalue weighted by Gasteiger charge is -2.50. The van der Waals surface area contributed by atoms with Gasteiger partial charge in [0.2, 0.25) is 5.78 Å². The van der Waals surface area contributed by atoms with Crippen LogP contribution in [-0.4, -0.2) is 81.3 Å². The summed E-state index contributed by atoms with van der Waals surface area (Å²) in [5, 5.41) is 46.7. The summed E-state index contributed by atoms with van der Waals surface area (Å²) < 4.78 is 37.6. The van der Waals surface area contributed by atoms with Crippen LogP contribution in [0.3, 0.4) is 0 Å². The Balaban J connectivity index is 1.79. The second-order valence-corrected chi connectivity index (χ2v) is 10.1. The van der Waals surface area contributed by atoms with Crippen molar-refractivity contribution in [2.24, 2.45) is 17.6 Å². The van der Waals surface area contributed by atoms with Gasteiger partial charge in [-0.2, -0.15) is 13.2 Å². The first-order valence-corrected chi connectivity index (χ1v) is 11.9. The van der Waals surface area contributed by atoms with E-state index in [2.05, 4.69) is 5.32 Å². The number of fused-ring (bicyclic) bond motifs is 3. The van der Waals surface area contributed by atoms with E-state index in [1.165, 1.54) is 31.1 Å². The number of ketones is 2. The maximum absolute atomic E-state index is 13.6. The Morgan fingerprint density at radius 2 is 1.87 bits per heavy atom. The van der Waals surface area contributed by atoms with E-state index < -0.39 is 76.4 Å². The number of carbonyl (C=O) groups is 3. The van der Waals surface area contributed by atoms with Gasteiger partial charge < -0.3 is 31.5 Å². The molecule has 0 aliphatic heterocycles. The van der Waals surface area contributed by atoms with E-state index >= 15 is 0 Å². The number of allylic oxidation sites excluding steroid dienone is 1. The molecule has 0 saturated carbocycles. The van der Waals surface area contributed by atoms with Crippen molar-refractivity contribution in [3.05, 3.63) is 51.5 Å². The molecule has 38 heavy (non-hydrogen) atoms. The Bertz CT molecular complexity index is 1290. The van der Waals surface area contributed by atoms with Crippen LogP contribution in [0.25, 0.3) is 0 Å². The number of primary amides is 1. The second kappa shape index (κ2) is 9.40. The fraction of sp³-hybridized carbons (Fsp3) is 0.480. The number of likely N-dealkylation sites (N-methyl/N-ethyl adjacent to an activating group) is 1. The molecule has 0 aromatic heterocycles. The molecule has 1 aromatic carbocycles. The number of hydrogen-bond acceptors (Lipinski definition) is 9. The molecule has 13 heteroatoms. The molecular formula is C25H28F3N3O7. The van der Waals surface area contributed by atoms with Crippen LogP contribution in [0.15, 0.2) is 34.8 Å². The number of aromatic hydroxyl groups is 1. The number of carbonyl (C=O) groups excluding carboxylic acids is 3. The Kier molecular flexibility index (Phi) is 6.83. The fourth-order valence-corrected chi connectivity index (χ4v) is 5.93. The number of phenolic OH excluding ortho intramolecular Hbond substituents is 1. The number of halogens is 3. The summed E-state index contributed by atoms with van der Waals surface area (Å²) >= 11 is 0. The van der Waals surface area contributed by atoms with E-state index in [9.17, 15) is 48.0 Å². The summed E-state index contributed by atoms with van der Waals surface area (Å²) in [4.78, 5) is 40.3. The van der Waals surface area contributed by atoms with Crippen molar-refractivity contribution in [1.82, 2.24) is 10.2 Å². The van der Waals surface area contributed by atoms with Gasteiger partial charge in [-0.3, -0.25) is 19.3 Å². The van der Waals surface area contributed by atoms with Crippen molar-refractivity contribution in [1.29, 1.82) is 0 Å². The summed E-state index contributed by atoms with van der Waals surface area (Å²) in [7, 11) is 3.05. The molecule has 10 nitrogen and oxygen atoms in total. The number of Topliss-reactive ketones (excluding diaryl/α,β-unsaturated/α-hetero) is 2. The topological polar surface area (TPSA) is 173 Å². The number of amides is 1. The Morgan fingerprint density at radius 3 is 2.45 bits per heavy atom. The minimum Gasteiger partial charge on any atom is -0.510 e. The summed E-state index contributed by atoms with van der Waals surface area (Å²) in [6.45, 7) is -0.389. The van der Waals surface area contributed by atoms with E-state index in [-0.39, 0.29) is 37.1 Å². The third-order valence-corrected chi connectivity index (χ3v) is 7.60. The minimum atomic E-state index is -4.34. The number of hydrogen-bond donors (Lipinski definition) is 6. The summed E-state index contributed by atoms with van der Waals surface area (Å²) in [5.74, 6) is -7.53. The number of nitrogens with zero attached hydrogens (tertiary/aromatic N) is 1. The normalized spacial score (nSPS) is 27.4. The molecular weight excluding hydrogens is 511 g/mol. The van der Waals surface area contributed by atoms with Crippen LogP contribution in [0.4, 0.5) is 13.2 Å². The maximum atomic E-state index is 13.6. The van der Waals surface area contributed by atoms with Gasteiger partial charge >= 0.3 is 6.18 Å². The average molecular weight is 540 g/mol. The van der Waals surface area contributed by atoms with Gasteiger partial charge in [0.15, 0.2) is 11.4 Å². The van der Waals surface area contributed by atoms with Gasteiger partial charge in [0.05, 0.1) is 18.0 Å². The van der Waals surface area contributed by atoms with Crippen LogP contribution in [0.5, 0.6) is 5.75 Å². The smallest absolute Gasteiger partial charge is 0.390 e. The molecule has 206 valence electrons. The average Bonchev–Trinajstić information content (AvgIpc) is 2.79. The predicted octanol–water partition coefficient (Wildman–Crippen LogP) is 1.16. The number of alkyl halides is 3. The van der Waals surface area contributed by atoms with E-state index in [1.807, 2.05) is 0 Å². The van der Waals surface area contributed by atoms with Crippen molar-refractivity contribution in [3.8, 4) is 5.75 Å². The van der Waals surface area contributed by atoms with Gasteiger partial charge in [0.25, 0.3) is 5.91 Å². The van der Waals surface area contributed by atoms with E-state index in [0.717, 1.165) is 0 Å². The van der Waals surface area contributed by atoms with Gasteiger partial charge in [-0.05, 0) is 50.0 Å².